The molecule has 0 aromatic rings. The van der Waals surface area contributed by atoms with Crippen molar-refractivity contribution in [2.45, 2.75) is 341 Å². The maximum absolute atomic E-state index is 13.0. The highest BCUT2D eigenvalue weighted by atomic mass is 16.6. The smallest absolute Gasteiger partial charge is 0.306 e. The summed E-state index contributed by atoms with van der Waals surface area (Å²) in [6, 6.07) is 0. The first-order chi connectivity index (χ1) is 40.5. The molecule has 0 N–H and O–H groups in total. The van der Waals surface area contributed by atoms with E-state index in [0.29, 0.717) is 19.3 Å². The van der Waals surface area contributed by atoms with Gasteiger partial charge < -0.3 is 14.2 Å². The number of esters is 3. The van der Waals surface area contributed by atoms with Gasteiger partial charge in [0.05, 0.1) is 0 Å². The Morgan fingerprint density at radius 3 is 0.756 bits per heavy atom. The Morgan fingerprint density at radius 1 is 0.256 bits per heavy atom. The second-order valence-electron chi connectivity index (χ2n) is 23.1. The lowest BCUT2D eigenvalue weighted by atomic mass is 10.0. The van der Waals surface area contributed by atoms with Gasteiger partial charge in [-0.05, 0) is 128 Å². The lowest BCUT2D eigenvalue weighted by Gasteiger charge is -2.18. The number of unbranched alkanes of at least 4 members (excludes halogenated alkanes) is 34. The van der Waals surface area contributed by atoms with Crippen molar-refractivity contribution < 1.29 is 28.6 Å². The fourth-order valence-electron chi connectivity index (χ4n) is 9.77. The van der Waals surface area contributed by atoms with Crippen molar-refractivity contribution in [1.29, 1.82) is 0 Å². The van der Waals surface area contributed by atoms with Crippen LogP contribution >= 0.6 is 0 Å². The monoisotopic (exact) mass is 1140 g/mol. The number of carbonyl (C=O) groups excluding carboxylic acids is 3. The van der Waals surface area contributed by atoms with Crippen LogP contribution in [0.4, 0.5) is 0 Å². The first kappa shape index (κ1) is 78.1. The molecule has 0 spiro atoms. The van der Waals surface area contributed by atoms with Gasteiger partial charge in [-0.15, -0.1) is 0 Å². The summed E-state index contributed by atoms with van der Waals surface area (Å²) in [5.41, 5.74) is 0. The van der Waals surface area contributed by atoms with Gasteiger partial charge in [-0.2, -0.15) is 0 Å². The standard InChI is InChI=1S/C76H130O6/c1-4-7-10-13-16-19-22-25-28-31-34-36-37-38-39-41-42-45-48-51-54-57-60-63-66-69-75(78)81-72-73(71-80-74(77)68-65-62-59-56-53-50-47-44-33-30-27-24-21-18-15-12-9-6-3)82-76(79)70-67-64-61-58-55-52-49-46-43-40-35-32-29-26-23-20-17-14-11-8-5-2/h7,10,16,19,21,23-26,28,30,32-36,43,46,73H,4-6,8-9,11-15,17-18,20,22,27,29,31,37-42,44-45,47-72H2,1-3H3/b10-7-,19-16-,24-21-,26-23-,28-25-,33-30-,35-32-,36-34-,46-43-. The van der Waals surface area contributed by atoms with E-state index in [1.165, 1.54) is 173 Å². The van der Waals surface area contributed by atoms with Crippen molar-refractivity contribution in [3.05, 3.63) is 109 Å². The molecule has 0 heterocycles. The highest BCUT2D eigenvalue weighted by Crippen LogP contribution is 2.16. The number of carbonyl (C=O) groups is 3. The molecule has 0 aliphatic rings. The Labute approximate surface area is 508 Å². The SMILES string of the molecule is CC/C=C\C/C=C\C/C=C\C/C=C\CCCCCCCCCCCCCCC(=O)OCC(COC(=O)CCCCCCCCC/C=C\C/C=C\CCCCCC)OC(=O)CCCCCCCC/C=C\C/C=C\C/C=C\CCCCCCC. The zero-order chi connectivity index (χ0) is 59.2. The van der Waals surface area contributed by atoms with Crippen LogP contribution < -0.4 is 0 Å². The molecule has 470 valence electrons. The summed E-state index contributed by atoms with van der Waals surface area (Å²) in [4.78, 5) is 38.5. The number of ether oxygens (including phenoxy) is 3. The number of allylic oxidation sites excluding steroid dienone is 18. The average Bonchev–Trinajstić information content (AvgIpc) is 3.47. The van der Waals surface area contributed by atoms with Gasteiger partial charge in [0, 0.05) is 19.3 Å². The molecule has 0 saturated carbocycles. The third-order valence-electron chi connectivity index (χ3n) is 15.0. The molecule has 6 nitrogen and oxygen atoms in total. The van der Waals surface area contributed by atoms with E-state index in [4.69, 9.17) is 14.2 Å². The first-order valence-electron chi connectivity index (χ1n) is 34.9. The molecular formula is C76H130O6. The summed E-state index contributed by atoms with van der Waals surface area (Å²) < 4.78 is 17.0. The molecule has 0 amide bonds. The molecule has 1 unspecified atom stereocenters. The zero-order valence-corrected chi connectivity index (χ0v) is 54.0. The molecule has 1 atom stereocenters. The fourth-order valence-corrected chi connectivity index (χ4v) is 9.77. The molecule has 6 heteroatoms. The van der Waals surface area contributed by atoms with E-state index in [-0.39, 0.29) is 31.1 Å². The Bertz CT molecular complexity index is 1640. The fraction of sp³-hybridized carbons (Fsp3) is 0.724. The number of hydrogen-bond donors (Lipinski definition) is 0. The Hall–Kier alpha value is -3.93. The molecular weight excluding hydrogens is 1010 g/mol. The quantitative estimate of drug-likeness (QED) is 0.0261. The van der Waals surface area contributed by atoms with Crippen molar-refractivity contribution in [3.8, 4) is 0 Å². The van der Waals surface area contributed by atoms with Crippen molar-refractivity contribution in [2.24, 2.45) is 0 Å². The lowest BCUT2D eigenvalue weighted by Crippen LogP contribution is -2.30. The highest BCUT2D eigenvalue weighted by molar-refractivity contribution is 5.71. The molecule has 0 aromatic carbocycles. The number of hydrogen-bond acceptors (Lipinski definition) is 6. The van der Waals surface area contributed by atoms with Gasteiger partial charge in [-0.3, -0.25) is 14.4 Å². The minimum Gasteiger partial charge on any atom is -0.462 e. The average molecular weight is 1140 g/mol. The molecule has 0 radical (unpaired) electrons. The van der Waals surface area contributed by atoms with Crippen LogP contribution in [0.2, 0.25) is 0 Å². The largest absolute Gasteiger partial charge is 0.462 e. The van der Waals surface area contributed by atoms with E-state index in [1.807, 2.05) is 0 Å². The minimum absolute atomic E-state index is 0.0867. The van der Waals surface area contributed by atoms with Crippen molar-refractivity contribution in [1.82, 2.24) is 0 Å². The molecule has 0 aliphatic carbocycles. The Balaban J connectivity index is 4.40. The summed E-state index contributed by atoms with van der Waals surface area (Å²) >= 11 is 0. The van der Waals surface area contributed by atoms with Crippen molar-refractivity contribution in [3.63, 3.8) is 0 Å². The van der Waals surface area contributed by atoms with Crippen LogP contribution in [0.25, 0.3) is 0 Å². The van der Waals surface area contributed by atoms with Gasteiger partial charge in [0.25, 0.3) is 0 Å². The van der Waals surface area contributed by atoms with Gasteiger partial charge in [0.2, 0.25) is 0 Å². The third kappa shape index (κ3) is 66.9. The van der Waals surface area contributed by atoms with Crippen LogP contribution in [0, 0.1) is 0 Å². The summed E-state index contributed by atoms with van der Waals surface area (Å²) in [5, 5.41) is 0. The number of rotatable bonds is 63. The molecule has 0 rings (SSSR count). The summed E-state index contributed by atoms with van der Waals surface area (Å²) in [7, 11) is 0. The molecule has 82 heavy (non-hydrogen) atoms. The van der Waals surface area contributed by atoms with Gasteiger partial charge in [-0.1, -0.05) is 297 Å². The second-order valence-corrected chi connectivity index (χ2v) is 23.1. The maximum Gasteiger partial charge on any atom is 0.306 e. The van der Waals surface area contributed by atoms with E-state index in [0.717, 1.165) is 122 Å². The minimum atomic E-state index is -0.793. The van der Waals surface area contributed by atoms with E-state index in [9.17, 15) is 14.4 Å². The molecule has 0 aromatic heterocycles. The van der Waals surface area contributed by atoms with E-state index in [2.05, 4.69) is 130 Å². The Morgan fingerprint density at radius 2 is 0.476 bits per heavy atom. The van der Waals surface area contributed by atoms with Gasteiger partial charge in [-0.25, -0.2) is 0 Å². The Kier molecular flexibility index (Phi) is 66.2. The van der Waals surface area contributed by atoms with E-state index < -0.39 is 6.10 Å². The third-order valence-corrected chi connectivity index (χ3v) is 15.0. The lowest BCUT2D eigenvalue weighted by molar-refractivity contribution is -0.167. The summed E-state index contributed by atoms with van der Waals surface area (Å²) in [5.74, 6) is -0.896. The first-order valence-corrected chi connectivity index (χ1v) is 34.9. The summed E-state index contributed by atoms with van der Waals surface area (Å²) in [6.45, 7) is 6.52. The predicted octanol–water partition coefficient (Wildman–Crippen LogP) is 24.2. The van der Waals surface area contributed by atoms with Crippen molar-refractivity contribution in [2.75, 3.05) is 13.2 Å². The van der Waals surface area contributed by atoms with Crippen LogP contribution in [-0.2, 0) is 28.6 Å². The normalized spacial score (nSPS) is 12.8. The van der Waals surface area contributed by atoms with Gasteiger partial charge in [0.15, 0.2) is 6.10 Å². The maximum atomic E-state index is 13.0. The second kappa shape index (κ2) is 69.6. The molecule has 0 saturated heterocycles. The van der Waals surface area contributed by atoms with Crippen molar-refractivity contribution >= 4 is 17.9 Å². The predicted molar refractivity (Wildman–Crippen MR) is 357 cm³/mol. The van der Waals surface area contributed by atoms with E-state index in [1.54, 1.807) is 0 Å². The van der Waals surface area contributed by atoms with Crippen LogP contribution in [0.1, 0.15) is 335 Å². The van der Waals surface area contributed by atoms with E-state index >= 15 is 0 Å². The van der Waals surface area contributed by atoms with Crippen LogP contribution in [0.15, 0.2) is 109 Å². The summed E-state index contributed by atoms with van der Waals surface area (Å²) in [6.07, 6.45) is 95.2. The van der Waals surface area contributed by atoms with Crippen LogP contribution in [0.3, 0.4) is 0 Å². The molecule has 0 bridgehead atoms. The van der Waals surface area contributed by atoms with Gasteiger partial charge in [0.1, 0.15) is 13.2 Å². The van der Waals surface area contributed by atoms with Crippen LogP contribution in [0.5, 0.6) is 0 Å². The van der Waals surface area contributed by atoms with Gasteiger partial charge >= 0.3 is 17.9 Å². The molecule has 0 fully saturated rings. The topological polar surface area (TPSA) is 78.9 Å². The molecule has 0 aliphatic heterocycles. The zero-order valence-electron chi connectivity index (χ0n) is 54.0. The highest BCUT2D eigenvalue weighted by Gasteiger charge is 2.19. The van der Waals surface area contributed by atoms with Crippen LogP contribution in [-0.4, -0.2) is 37.2 Å².